The molecular weight excluding hydrogens is 292 g/mol. The third-order valence-electron chi connectivity index (χ3n) is 4.06. The number of carbonyl (C=O) groups excluding carboxylic acids is 1. The largest absolute Gasteiger partial charge is 0.481 e. The molecular formula is C19H28O4. The van der Waals surface area contributed by atoms with Crippen molar-refractivity contribution in [3.63, 3.8) is 0 Å². The molecule has 0 saturated heterocycles. The van der Waals surface area contributed by atoms with Gasteiger partial charge in [0.05, 0.1) is 6.61 Å². The monoisotopic (exact) mass is 320 g/mol. The summed E-state index contributed by atoms with van der Waals surface area (Å²) in [5.74, 6) is -2.18. The van der Waals surface area contributed by atoms with E-state index < -0.39 is 17.9 Å². The number of rotatable bonds is 11. The molecule has 2 unspecified atom stereocenters. The van der Waals surface area contributed by atoms with Gasteiger partial charge in [-0.1, -0.05) is 56.5 Å². The average molecular weight is 320 g/mol. The minimum atomic E-state index is -1.08. The molecule has 1 aromatic rings. The maximum absolute atomic E-state index is 11.6. The molecule has 0 amide bonds. The summed E-state index contributed by atoms with van der Waals surface area (Å²) in [7, 11) is 0. The van der Waals surface area contributed by atoms with Gasteiger partial charge in [0.2, 0.25) is 0 Å². The molecule has 0 saturated carbocycles. The fourth-order valence-corrected chi connectivity index (χ4v) is 2.70. The summed E-state index contributed by atoms with van der Waals surface area (Å²) in [4.78, 5) is 22.7. The van der Waals surface area contributed by atoms with Crippen LogP contribution in [0.25, 0.3) is 0 Å². The van der Waals surface area contributed by atoms with E-state index in [4.69, 9.17) is 9.84 Å². The number of carboxylic acid groups (broad SMARTS) is 1. The van der Waals surface area contributed by atoms with Gasteiger partial charge in [-0.2, -0.15) is 0 Å². The van der Waals surface area contributed by atoms with Gasteiger partial charge in [-0.05, 0) is 37.7 Å². The molecule has 0 aliphatic rings. The molecule has 1 aromatic carbocycles. The molecule has 0 heterocycles. The number of hydrogen-bond donors (Lipinski definition) is 1. The van der Waals surface area contributed by atoms with E-state index in [0.29, 0.717) is 12.3 Å². The Morgan fingerprint density at radius 3 is 2.35 bits per heavy atom. The highest BCUT2D eigenvalue weighted by Gasteiger charge is 2.27. The van der Waals surface area contributed by atoms with Gasteiger partial charge in [0, 0.05) is 0 Å². The summed E-state index contributed by atoms with van der Waals surface area (Å²) in [6, 6.07) is 10.4. The number of benzene rings is 1. The van der Waals surface area contributed by atoms with Gasteiger partial charge >= 0.3 is 11.9 Å². The van der Waals surface area contributed by atoms with Crippen LogP contribution in [0.4, 0.5) is 0 Å². The van der Waals surface area contributed by atoms with Crippen molar-refractivity contribution < 1.29 is 19.4 Å². The molecule has 0 fully saturated rings. The number of ether oxygens (including phenoxy) is 1. The second-order valence-electron chi connectivity index (χ2n) is 6.06. The molecule has 0 aromatic heterocycles. The lowest BCUT2D eigenvalue weighted by Crippen LogP contribution is -2.26. The van der Waals surface area contributed by atoms with Crippen LogP contribution < -0.4 is 0 Å². The third-order valence-corrected chi connectivity index (χ3v) is 4.06. The van der Waals surface area contributed by atoms with E-state index in [0.717, 1.165) is 32.1 Å². The summed E-state index contributed by atoms with van der Waals surface area (Å²) >= 11 is 0. The van der Waals surface area contributed by atoms with Crippen molar-refractivity contribution in [2.75, 3.05) is 6.61 Å². The number of esters is 1. The highest BCUT2D eigenvalue weighted by molar-refractivity contribution is 5.93. The van der Waals surface area contributed by atoms with Crippen LogP contribution in [0.2, 0.25) is 0 Å². The van der Waals surface area contributed by atoms with Crippen molar-refractivity contribution in [3.8, 4) is 0 Å². The van der Waals surface area contributed by atoms with Gasteiger partial charge in [0.25, 0.3) is 0 Å². The first-order valence-electron chi connectivity index (χ1n) is 8.48. The van der Waals surface area contributed by atoms with Crippen LogP contribution in [0.5, 0.6) is 0 Å². The van der Waals surface area contributed by atoms with Crippen molar-refractivity contribution in [1.29, 1.82) is 0 Å². The van der Waals surface area contributed by atoms with Crippen molar-refractivity contribution in [3.05, 3.63) is 35.9 Å². The van der Waals surface area contributed by atoms with Crippen molar-refractivity contribution in [2.24, 2.45) is 11.8 Å². The van der Waals surface area contributed by atoms with Crippen LogP contribution in [0, 0.1) is 11.8 Å². The Balaban J connectivity index is 2.22. The van der Waals surface area contributed by atoms with Crippen LogP contribution in [-0.2, 0) is 20.7 Å². The van der Waals surface area contributed by atoms with Crippen LogP contribution >= 0.6 is 0 Å². The molecule has 23 heavy (non-hydrogen) atoms. The summed E-state index contributed by atoms with van der Waals surface area (Å²) in [6.45, 7) is 4.09. The number of carboxylic acids is 1. The second kappa shape index (κ2) is 10.8. The first kappa shape index (κ1) is 19.2. The predicted molar refractivity (Wildman–Crippen MR) is 90.2 cm³/mol. The van der Waals surface area contributed by atoms with Crippen molar-refractivity contribution in [1.82, 2.24) is 0 Å². The van der Waals surface area contributed by atoms with Gasteiger partial charge in [-0.15, -0.1) is 0 Å². The van der Waals surface area contributed by atoms with Crippen LogP contribution in [0.15, 0.2) is 30.3 Å². The van der Waals surface area contributed by atoms with Crippen molar-refractivity contribution in [2.45, 2.75) is 52.4 Å². The predicted octanol–water partition coefficient (Wildman–Crippen LogP) is 4.08. The lowest BCUT2D eigenvalue weighted by atomic mass is 9.93. The van der Waals surface area contributed by atoms with E-state index in [1.54, 1.807) is 6.92 Å². The lowest BCUT2D eigenvalue weighted by molar-refractivity contribution is -0.158. The zero-order valence-corrected chi connectivity index (χ0v) is 14.2. The Hall–Kier alpha value is -1.84. The lowest BCUT2D eigenvalue weighted by Gasteiger charge is -2.14. The minimum Gasteiger partial charge on any atom is -0.481 e. The minimum absolute atomic E-state index is 0.221. The van der Waals surface area contributed by atoms with Crippen LogP contribution in [-0.4, -0.2) is 23.7 Å². The summed E-state index contributed by atoms with van der Waals surface area (Å²) in [5, 5.41) is 9.10. The van der Waals surface area contributed by atoms with E-state index in [1.807, 2.05) is 6.07 Å². The maximum Gasteiger partial charge on any atom is 0.320 e. The van der Waals surface area contributed by atoms with Crippen LogP contribution in [0.1, 0.15) is 51.5 Å². The Kier molecular flexibility index (Phi) is 9.03. The summed E-state index contributed by atoms with van der Waals surface area (Å²) in [5.41, 5.74) is 1.35. The Bertz CT molecular complexity index is 470. The zero-order valence-electron chi connectivity index (χ0n) is 14.2. The van der Waals surface area contributed by atoms with E-state index in [-0.39, 0.29) is 6.61 Å². The molecule has 0 aliphatic heterocycles. The molecule has 1 N–H and O–H groups in total. The molecule has 0 aliphatic carbocycles. The Labute approximate surface area is 138 Å². The smallest absolute Gasteiger partial charge is 0.320 e. The number of carbonyl (C=O) groups is 2. The third kappa shape index (κ3) is 7.82. The Morgan fingerprint density at radius 1 is 1.09 bits per heavy atom. The van der Waals surface area contributed by atoms with Gasteiger partial charge in [0.1, 0.15) is 0 Å². The first-order valence-corrected chi connectivity index (χ1v) is 8.48. The molecule has 2 atom stereocenters. The second-order valence-corrected chi connectivity index (χ2v) is 6.06. The number of aryl methyl sites for hydroxylation is 1. The molecule has 4 heteroatoms. The summed E-state index contributed by atoms with van der Waals surface area (Å²) in [6.07, 6.45) is 5.36. The maximum atomic E-state index is 11.6. The highest BCUT2D eigenvalue weighted by Crippen LogP contribution is 2.19. The number of aliphatic carboxylic acids is 1. The van der Waals surface area contributed by atoms with E-state index in [1.165, 1.54) is 5.56 Å². The fourth-order valence-electron chi connectivity index (χ4n) is 2.70. The standard InChI is InChI=1S/C19H28O4/c1-3-23-19(22)17(18(20)21)14-8-10-15(2)9-7-13-16-11-5-4-6-12-16/h4-6,11-12,15,17H,3,7-10,13-14H2,1-2H3,(H,20,21). The first-order chi connectivity index (χ1) is 11.0. The number of hydrogen-bond acceptors (Lipinski definition) is 3. The molecule has 0 radical (unpaired) electrons. The SMILES string of the molecule is CCOC(=O)C(CCCC(C)CCCc1ccccc1)C(=O)O. The van der Waals surface area contributed by atoms with E-state index in [2.05, 4.69) is 31.2 Å². The van der Waals surface area contributed by atoms with Gasteiger partial charge in [0.15, 0.2) is 5.92 Å². The van der Waals surface area contributed by atoms with E-state index in [9.17, 15) is 9.59 Å². The summed E-state index contributed by atoms with van der Waals surface area (Å²) < 4.78 is 4.82. The quantitative estimate of drug-likeness (QED) is 0.493. The van der Waals surface area contributed by atoms with Gasteiger partial charge < -0.3 is 9.84 Å². The highest BCUT2D eigenvalue weighted by atomic mass is 16.5. The van der Waals surface area contributed by atoms with Gasteiger partial charge in [-0.3, -0.25) is 9.59 Å². The molecule has 0 spiro atoms. The topological polar surface area (TPSA) is 63.6 Å². The van der Waals surface area contributed by atoms with Crippen molar-refractivity contribution >= 4 is 11.9 Å². The fraction of sp³-hybridized carbons (Fsp3) is 0.579. The average Bonchev–Trinajstić information content (AvgIpc) is 2.52. The normalized spacial score (nSPS) is 13.3. The zero-order chi connectivity index (χ0) is 17.1. The Morgan fingerprint density at radius 2 is 1.74 bits per heavy atom. The molecule has 4 nitrogen and oxygen atoms in total. The molecule has 128 valence electrons. The molecule has 0 bridgehead atoms. The van der Waals surface area contributed by atoms with E-state index >= 15 is 0 Å². The molecule has 1 rings (SSSR count). The van der Waals surface area contributed by atoms with Gasteiger partial charge in [-0.25, -0.2) is 0 Å². The van der Waals surface area contributed by atoms with Crippen LogP contribution in [0.3, 0.4) is 0 Å².